The molecule has 0 radical (unpaired) electrons. The summed E-state index contributed by atoms with van der Waals surface area (Å²) in [5.74, 6) is 6.50. The van der Waals surface area contributed by atoms with Crippen LogP contribution in [0.1, 0.15) is 19.4 Å². The highest BCUT2D eigenvalue weighted by molar-refractivity contribution is 6.17. The molecule has 1 atom stereocenters. The summed E-state index contributed by atoms with van der Waals surface area (Å²) in [6, 6.07) is 10.1. The first-order valence-corrected chi connectivity index (χ1v) is 5.51. The molecule has 0 heterocycles. The minimum Gasteiger partial charge on any atom is -0.350 e. The van der Waals surface area contributed by atoms with Crippen LogP contribution in [-0.2, 0) is 4.74 Å². The van der Waals surface area contributed by atoms with Gasteiger partial charge in [0.05, 0.1) is 0 Å². The van der Waals surface area contributed by atoms with Crippen molar-refractivity contribution < 1.29 is 4.74 Å². The minimum absolute atomic E-state index is 0.0947. The predicted octanol–water partition coefficient (Wildman–Crippen LogP) is 3.28. The molecule has 0 aliphatic heterocycles. The second-order valence-corrected chi connectivity index (χ2v) is 3.79. The zero-order chi connectivity index (χ0) is 11.1. The molecule has 1 rings (SSSR count). The lowest BCUT2D eigenvalue weighted by Crippen LogP contribution is -2.16. The molecule has 15 heavy (non-hydrogen) atoms. The molecule has 0 bridgehead atoms. The summed E-state index contributed by atoms with van der Waals surface area (Å²) in [6.07, 6.45) is -0.0947. The van der Waals surface area contributed by atoms with Crippen molar-refractivity contribution in [3.63, 3.8) is 0 Å². The van der Waals surface area contributed by atoms with Gasteiger partial charge in [0.25, 0.3) is 0 Å². The van der Waals surface area contributed by atoms with Gasteiger partial charge in [-0.3, -0.25) is 0 Å². The lowest BCUT2D eigenvalue weighted by Gasteiger charge is -2.13. The molecule has 2 heteroatoms. The maximum atomic E-state index is 5.53. The predicted molar refractivity (Wildman–Crippen MR) is 63.8 cm³/mol. The first-order valence-electron chi connectivity index (χ1n) is 4.98. The quantitative estimate of drug-likeness (QED) is 0.564. The molecular formula is C13H15ClO. The molecule has 0 aliphatic rings. The first-order chi connectivity index (χ1) is 7.24. The third-order valence-electron chi connectivity index (χ3n) is 1.98. The molecule has 1 aromatic rings. The maximum absolute atomic E-state index is 5.53. The van der Waals surface area contributed by atoms with Gasteiger partial charge in [0.1, 0.15) is 12.2 Å². The average Bonchev–Trinajstić information content (AvgIpc) is 2.25. The summed E-state index contributed by atoms with van der Waals surface area (Å²) < 4.78 is 5.32. The van der Waals surface area contributed by atoms with Gasteiger partial charge in [-0.15, -0.1) is 0 Å². The highest BCUT2D eigenvalue weighted by Crippen LogP contribution is 2.06. The number of benzene rings is 1. The number of alkyl halides is 1. The van der Waals surface area contributed by atoms with Crippen molar-refractivity contribution in [1.29, 1.82) is 0 Å². The van der Waals surface area contributed by atoms with E-state index in [0.29, 0.717) is 5.92 Å². The lowest BCUT2D eigenvalue weighted by molar-refractivity contribution is 0.0957. The largest absolute Gasteiger partial charge is 0.350 e. The van der Waals surface area contributed by atoms with Crippen LogP contribution in [0, 0.1) is 17.8 Å². The first kappa shape index (κ1) is 12.1. The van der Waals surface area contributed by atoms with Crippen LogP contribution in [0.5, 0.6) is 0 Å². The van der Waals surface area contributed by atoms with Crippen molar-refractivity contribution in [3.05, 3.63) is 35.9 Å². The second-order valence-electron chi connectivity index (χ2n) is 3.58. The molecule has 0 unspecified atom stereocenters. The molecule has 0 aromatic heterocycles. The van der Waals surface area contributed by atoms with Gasteiger partial charge in [-0.05, 0) is 18.1 Å². The number of halogens is 1. The van der Waals surface area contributed by atoms with Crippen molar-refractivity contribution in [2.24, 2.45) is 5.92 Å². The van der Waals surface area contributed by atoms with Crippen LogP contribution in [0.15, 0.2) is 30.3 Å². The fraction of sp³-hybridized carbons (Fsp3) is 0.385. The van der Waals surface area contributed by atoms with Gasteiger partial charge >= 0.3 is 0 Å². The molecule has 0 aliphatic carbocycles. The fourth-order valence-electron chi connectivity index (χ4n) is 1.14. The Bertz CT molecular complexity index is 335. The Morgan fingerprint density at radius 2 is 1.93 bits per heavy atom. The molecule has 0 spiro atoms. The van der Waals surface area contributed by atoms with Gasteiger partial charge in [-0.25, -0.2) is 0 Å². The van der Waals surface area contributed by atoms with E-state index in [2.05, 4.69) is 25.7 Å². The van der Waals surface area contributed by atoms with E-state index in [9.17, 15) is 0 Å². The zero-order valence-corrected chi connectivity index (χ0v) is 9.79. The van der Waals surface area contributed by atoms with Crippen LogP contribution in [0.4, 0.5) is 0 Å². The van der Waals surface area contributed by atoms with E-state index in [0.717, 1.165) is 5.56 Å². The summed E-state index contributed by atoms with van der Waals surface area (Å²) in [7, 11) is 0. The van der Waals surface area contributed by atoms with Gasteiger partial charge in [-0.2, -0.15) is 0 Å². The number of hydrogen-bond donors (Lipinski definition) is 0. The third-order valence-corrected chi connectivity index (χ3v) is 2.11. The standard InChI is InChI=1S/C13H15ClO/c1-11(2)13(15-10-14)9-8-12-6-4-3-5-7-12/h3-7,11,13H,10H2,1-2H3/t13-/m0/s1. The Hall–Kier alpha value is -0.970. The molecule has 0 fully saturated rings. The van der Waals surface area contributed by atoms with Crippen LogP contribution >= 0.6 is 11.6 Å². The average molecular weight is 223 g/mol. The molecule has 0 amide bonds. The minimum atomic E-state index is -0.0947. The van der Waals surface area contributed by atoms with Crippen LogP contribution < -0.4 is 0 Å². The van der Waals surface area contributed by atoms with Crippen LogP contribution in [0.25, 0.3) is 0 Å². The Morgan fingerprint density at radius 1 is 1.27 bits per heavy atom. The zero-order valence-electron chi connectivity index (χ0n) is 9.03. The number of ether oxygens (including phenoxy) is 1. The fourth-order valence-corrected chi connectivity index (χ4v) is 1.28. The van der Waals surface area contributed by atoms with Gasteiger partial charge in [-0.1, -0.05) is 55.5 Å². The van der Waals surface area contributed by atoms with Crippen molar-refractivity contribution in [3.8, 4) is 11.8 Å². The van der Waals surface area contributed by atoms with E-state index in [1.807, 2.05) is 30.3 Å². The van der Waals surface area contributed by atoms with E-state index >= 15 is 0 Å². The normalized spacial score (nSPS) is 12.0. The topological polar surface area (TPSA) is 9.23 Å². The molecule has 80 valence electrons. The maximum Gasteiger partial charge on any atom is 0.122 e. The van der Waals surface area contributed by atoms with Crippen molar-refractivity contribution in [2.45, 2.75) is 20.0 Å². The van der Waals surface area contributed by atoms with E-state index in [1.54, 1.807) is 0 Å². The Morgan fingerprint density at radius 3 is 2.47 bits per heavy atom. The Kier molecular flexibility index (Phi) is 5.25. The van der Waals surface area contributed by atoms with Gasteiger partial charge in [0.2, 0.25) is 0 Å². The summed E-state index contributed by atoms with van der Waals surface area (Å²) >= 11 is 5.53. The molecular weight excluding hydrogens is 208 g/mol. The van der Waals surface area contributed by atoms with Crippen molar-refractivity contribution in [2.75, 3.05) is 6.07 Å². The highest BCUT2D eigenvalue weighted by atomic mass is 35.5. The highest BCUT2D eigenvalue weighted by Gasteiger charge is 2.09. The van der Waals surface area contributed by atoms with Crippen LogP contribution in [-0.4, -0.2) is 12.2 Å². The lowest BCUT2D eigenvalue weighted by atomic mass is 10.1. The number of hydrogen-bond acceptors (Lipinski definition) is 1. The van der Waals surface area contributed by atoms with Crippen LogP contribution in [0.2, 0.25) is 0 Å². The summed E-state index contributed by atoms with van der Waals surface area (Å²) in [5, 5.41) is 0. The van der Waals surface area contributed by atoms with E-state index in [-0.39, 0.29) is 12.2 Å². The molecule has 1 aromatic carbocycles. The summed E-state index contributed by atoms with van der Waals surface area (Å²) in [6.45, 7) is 4.13. The monoisotopic (exact) mass is 222 g/mol. The van der Waals surface area contributed by atoms with E-state index < -0.39 is 0 Å². The Balaban J connectivity index is 2.69. The van der Waals surface area contributed by atoms with E-state index in [1.165, 1.54) is 0 Å². The van der Waals surface area contributed by atoms with Crippen molar-refractivity contribution in [1.82, 2.24) is 0 Å². The van der Waals surface area contributed by atoms with Gasteiger partial charge in [0.15, 0.2) is 0 Å². The molecule has 1 nitrogen and oxygen atoms in total. The number of rotatable bonds is 3. The van der Waals surface area contributed by atoms with Gasteiger partial charge < -0.3 is 4.74 Å². The second kappa shape index (κ2) is 6.50. The van der Waals surface area contributed by atoms with Crippen LogP contribution in [0.3, 0.4) is 0 Å². The smallest absolute Gasteiger partial charge is 0.122 e. The SMILES string of the molecule is CC(C)[C@H](C#Cc1ccccc1)OCCl. The Labute approximate surface area is 96.4 Å². The van der Waals surface area contributed by atoms with E-state index in [4.69, 9.17) is 16.3 Å². The summed E-state index contributed by atoms with van der Waals surface area (Å²) in [5.41, 5.74) is 1.00. The van der Waals surface area contributed by atoms with Gasteiger partial charge in [0, 0.05) is 5.56 Å². The molecule has 0 saturated carbocycles. The molecule has 0 saturated heterocycles. The van der Waals surface area contributed by atoms with Crippen molar-refractivity contribution >= 4 is 11.6 Å². The third kappa shape index (κ3) is 4.38. The molecule has 0 N–H and O–H groups in total. The summed E-state index contributed by atoms with van der Waals surface area (Å²) in [4.78, 5) is 0.